The SMILES string of the molecule is CCC(C)C(NC(=O)N(CCOC)C(CC)CC)C(=O)O. The third kappa shape index (κ3) is 6.33. The lowest BCUT2D eigenvalue weighted by molar-refractivity contribution is -0.140. The molecule has 0 fully saturated rings. The van der Waals surface area contributed by atoms with Crippen LogP contribution in [0.4, 0.5) is 4.79 Å². The Hall–Kier alpha value is -1.30. The molecule has 2 N–H and O–H groups in total. The second-order valence-electron chi connectivity index (χ2n) is 5.31. The maximum atomic E-state index is 12.4. The van der Waals surface area contributed by atoms with Gasteiger partial charge in [-0.3, -0.25) is 0 Å². The number of ether oxygens (including phenoxy) is 1. The fourth-order valence-electron chi connectivity index (χ4n) is 2.27. The van der Waals surface area contributed by atoms with Crippen LogP contribution in [0.5, 0.6) is 0 Å². The average molecular weight is 302 g/mol. The summed E-state index contributed by atoms with van der Waals surface area (Å²) in [6.45, 7) is 8.67. The number of aliphatic carboxylic acids is 1. The summed E-state index contributed by atoms with van der Waals surface area (Å²) in [5, 5.41) is 11.9. The molecule has 21 heavy (non-hydrogen) atoms. The van der Waals surface area contributed by atoms with Crippen LogP contribution in [0.25, 0.3) is 0 Å². The molecule has 0 aliphatic rings. The number of rotatable bonds is 10. The van der Waals surface area contributed by atoms with Crippen molar-refractivity contribution in [3.8, 4) is 0 Å². The average Bonchev–Trinajstić information content (AvgIpc) is 2.47. The van der Waals surface area contributed by atoms with Crippen molar-refractivity contribution in [3.63, 3.8) is 0 Å². The smallest absolute Gasteiger partial charge is 0.326 e. The Labute approximate surface area is 127 Å². The lowest BCUT2D eigenvalue weighted by Gasteiger charge is -2.32. The minimum atomic E-state index is -0.992. The Balaban J connectivity index is 4.95. The first kappa shape index (κ1) is 19.7. The Morgan fingerprint density at radius 1 is 1.19 bits per heavy atom. The minimum absolute atomic E-state index is 0.0894. The molecule has 0 aliphatic heterocycles. The Morgan fingerprint density at radius 2 is 1.76 bits per heavy atom. The zero-order valence-corrected chi connectivity index (χ0v) is 13.9. The normalized spacial score (nSPS) is 13.8. The highest BCUT2D eigenvalue weighted by atomic mass is 16.5. The zero-order valence-electron chi connectivity index (χ0n) is 13.9. The lowest BCUT2D eigenvalue weighted by Crippen LogP contribution is -2.53. The Bertz CT molecular complexity index is 319. The van der Waals surface area contributed by atoms with Crippen LogP contribution in [0, 0.1) is 5.92 Å². The molecule has 6 heteroatoms. The van der Waals surface area contributed by atoms with Crippen molar-refractivity contribution < 1.29 is 19.4 Å². The fourth-order valence-corrected chi connectivity index (χ4v) is 2.27. The summed E-state index contributed by atoms with van der Waals surface area (Å²) in [5.74, 6) is -1.11. The van der Waals surface area contributed by atoms with Gasteiger partial charge in [0, 0.05) is 19.7 Å². The van der Waals surface area contributed by atoms with Crippen LogP contribution in [0.15, 0.2) is 0 Å². The number of carbonyl (C=O) groups excluding carboxylic acids is 1. The third-order valence-electron chi connectivity index (χ3n) is 3.94. The van der Waals surface area contributed by atoms with Gasteiger partial charge in [0.2, 0.25) is 0 Å². The molecule has 0 aromatic heterocycles. The van der Waals surface area contributed by atoms with E-state index in [4.69, 9.17) is 4.74 Å². The van der Waals surface area contributed by atoms with Gasteiger partial charge in [0.05, 0.1) is 6.61 Å². The largest absolute Gasteiger partial charge is 0.480 e. The van der Waals surface area contributed by atoms with Gasteiger partial charge in [0.25, 0.3) is 0 Å². The van der Waals surface area contributed by atoms with E-state index in [1.54, 1.807) is 12.0 Å². The number of methoxy groups -OCH3 is 1. The molecular formula is C15H30N2O4. The summed E-state index contributed by atoms with van der Waals surface area (Å²) in [4.78, 5) is 25.4. The number of carbonyl (C=O) groups is 2. The van der Waals surface area contributed by atoms with Crippen molar-refractivity contribution in [3.05, 3.63) is 0 Å². The maximum Gasteiger partial charge on any atom is 0.326 e. The van der Waals surface area contributed by atoms with E-state index in [1.807, 2.05) is 27.7 Å². The topological polar surface area (TPSA) is 78.9 Å². The molecule has 2 atom stereocenters. The molecule has 0 radical (unpaired) electrons. The van der Waals surface area contributed by atoms with E-state index in [0.29, 0.717) is 19.6 Å². The van der Waals surface area contributed by atoms with E-state index in [-0.39, 0.29) is 18.0 Å². The van der Waals surface area contributed by atoms with Gasteiger partial charge in [-0.1, -0.05) is 34.1 Å². The molecule has 0 spiro atoms. The number of carboxylic acid groups (broad SMARTS) is 1. The molecule has 0 saturated heterocycles. The predicted octanol–water partition coefficient (Wildman–Crippen LogP) is 2.33. The van der Waals surface area contributed by atoms with Gasteiger partial charge in [-0.15, -0.1) is 0 Å². The van der Waals surface area contributed by atoms with E-state index in [9.17, 15) is 14.7 Å². The molecule has 0 saturated carbocycles. The third-order valence-corrected chi connectivity index (χ3v) is 3.94. The number of hydrogen-bond donors (Lipinski definition) is 2. The molecule has 6 nitrogen and oxygen atoms in total. The number of amides is 2. The second kappa shape index (κ2) is 10.4. The van der Waals surface area contributed by atoms with Crippen molar-refractivity contribution in [1.29, 1.82) is 0 Å². The van der Waals surface area contributed by atoms with E-state index < -0.39 is 12.0 Å². The van der Waals surface area contributed by atoms with Gasteiger partial charge in [0.15, 0.2) is 0 Å². The summed E-state index contributed by atoms with van der Waals surface area (Å²) in [5.41, 5.74) is 0. The number of carboxylic acids is 1. The first-order chi connectivity index (χ1) is 9.92. The summed E-state index contributed by atoms with van der Waals surface area (Å²) in [6.07, 6.45) is 2.35. The lowest BCUT2D eigenvalue weighted by atomic mass is 9.99. The van der Waals surface area contributed by atoms with Crippen LogP contribution >= 0.6 is 0 Å². The summed E-state index contributed by atoms with van der Waals surface area (Å²) in [6, 6.07) is -1.10. The van der Waals surface area contributed by atoms with Gasteiger partial charge in [-0.2, -0.15) is 0 Å². The van der Waals surface area contributed by atoms with E-state index in [0.717, 1.165) is 12.8 Å². The second-order valence-corrected chi connectivity index (χ2v) is 5.31. The first-order valence-corrected chi connectivity index (χ1v) is 7.71. The van der Waals surface area contributed by atoms with Crippen LogP contribution in [0.1, 0.15) is 47.0 Å². The molecular weight excluding hydrogens is 272 g/mol. The molecule has 0 bridgehead atoms. The minimum Gasteiger partial charge on any atom is -0.480 e. The van der Waals surface area contributed by atoms with Gasteiger partial charge in [0.1, 0.15) is 6.04 Å². The standard InChI is InChI=1S/C15H30N2O4/c1-6-11(4)13(14(18)19)16-15(20)17(9-10-21-5)12(7-2)8-3/h11-13H,6-10H2,1-5H3,(H,16,20)(H,18,19). The number of nitrogens with one attached hydrogen (secondary N) is 1. The van der Waals surface area contributed by atoms with Crippen LogP contribution in [-0.2, 0) is 9.53 Å². The molecule has 0 aromatic carbocycles. The highest BCUT2D eigenvalue weighted by Gasteiger charge is 2.29. The van der Waals surface area contributed by atoms with Crippen LogP contribution in [0.2, 0.25) is 0 Å². The molecule has 124 valence electrons. The molecule has 0 rings (SSSR count). The highest BCUT2D eigenvalue weighted by molar-refractivity contribution is 5.83. The number of urea groups is 1. The van der Waals surface area contributed by atoms with Crippen molar-refractivity contribution in [2.24, 2.45) is 5.92 Å². The van der Waals surface area contributed by atoms with Gasteiger partial charge in [-0.05, 0) is 18.8 Å². The Kier molecular flexibility index (Phi) is 9.78. The number of hydrogen-bond acceptors (Lipinski definition) is 3. The monoisotopic (exact) mass is 302 g/mol. The van der Waals surface area contributed by atoms with Crippen molar-refractivity contribution in [1.82, 2.24) is 10.2 Å². The van der Waals surface area contributed by atoms with E-state index in [1.165, 1.54) is 0 Å². The molecule has 2 unspecified atom stereocenters. The van der Waals surface area contributed by atoms with E-state index >= 15 is 0 Å². The maximum absolute atomic E-state index is 12.4. The molecule has 0 aliphatic carbocycles. The van der Waals surface area contributed by atoms with Crippen LogP contribution in [0.3, 0.4) is 0 Å². The fraction of sp³-hybridized carbons (Fsp3) is 0.867. The quantitative estimate of drug-likeness (QED) is 0.649. The summed E-state index contributed by atoms with van der Waals surface area (Å²) >= 11 is 0. The van der Waals surface area contributed by atoms with Gasteiger partial charge in [-0.25, -0.2) is 9.59 Å². The Morgan fingerprint density at radius 3 is 2.14 bits per heavy atom. The molecule has 2 amide bonds. The van der Waals surface area contributed by atoms with Crippen molar-refractivity contribution >= 4 is 12.0 Å². The zero-order chi connectivity index (χ0) is 16.4. The first-order valence-electron chi connectivity index (χ1n) is 7.71. The van der Waals surface area contributed by atoms with E-state index in [2.05, 4.69) is 5.32 Å². The predicted molar refractivity (Wildman–Crippen MR) is 82.4 cm³/mol. The van der Waals surface area contributed by atoms with Crippen LogP contribution < -0.4 is 5.32 Å². The molecule has 0 aromatic rings. The van der Waals surface area contributed by atoms with Gasteiger partial charge < -0.3 is 20.1 Å². The van der Waals surface area contributed by atoms with Crippen molar-refractivity contribution in [2.45, 2.75) is 59.0 Å². The van der Waals surface area contributed by atoms with Crippen LogP contribution in [-0.4, -0.2) is 54.4 Å². The highest BCUT2D eigenvalue weighted by Crippen LogP contribution is 2.12. The molecule has 0 heterocycles. The van der Waals surface area contributed by atoms with Gasteiger partial charge >= 0.3 is 12.0 Å². The summed E-state index contributed by atoms with van der Waals surface area (Å²) in [7, 11) is 1.59. The van der Waals surface area contributed by atoms with Crippen molar-refractivity contribution in [2.75, 3.05) is 20.3 Å². The number of nitrogens with zero attached hydrogens (tertiary/aromatic N) is 1. The summed E-state index contributed by atoms with van der Waals surface area (Å²) < 4.78 is 5.04.